The second-order valence-corrected chi connectivity index (χ2v) is 3.66. The Bertz CT molecular complexity index is 208. The molecular formula is C9H16O4. The van der Waals surface area contributed by atoms with Crippen LogP contribution in [0.25, 0.3) is 0 Å². The molecule has 4 nitrogen and oxygen atoms in total. The van der Waals surface area contributed by atoms with Crippen LogP contribution in [-0.4, -0.2) is 33.5 Å². The Labute approximate surface area is 77.6 Å². The number of aliphatic hydroxyl groups is 2. The van der Waals surface area contributed by atoms with Crippen LogP contribution in [0.3, 0.4) is 0 Å². The molecule has 76 valence electrons. The van der Waals surface area contributed by atoms with Crippen LogP contribution in [0.2, 0.25) is 0 Å². The van der Waals surface area contributed by atoms with Crippen LogP contribution in [0.5, 0.6) is 0 Å². The fraction of sp³-hybridized carbons (Fsp3) is 0.778. The van der Waals surface area contributed by atoms with Gasteiger partial charge in [-0.1, -0.05) is 0 Å². The number of aliphatic hydroxyl groups excluding tert-OH is 1. The Morgan fingerprint density at radius 2 is 1.77 bits per heavy atom. The first-order valence-corrected chi connectivity index (χ1v) is 4.15. The molecule has 0 heterocycles. The maximum Gasteiger partial charge on any atom is 0.132 e. The third kappa shape index (κ3) is 4.75. The molecule has 0 aliphatic rings. The Morgan fingerprint density at radius 3 is 2.08 bits per heavy atom. The van der Waals surface area contributed by atoms with Crippen molar-refractivity contribution in [1.29, 1.82) is 0 Å². The molecule has 2 unspecified atom stereocenters. The van der Waals surface area contributed by atoms with E-state index in [2.05, 4.69) is 0 Å². The maximum absolute atomic E-state index is 10.7. The highest BCUT2D eigenvalue weighted by atomic mass is 16.3. The number of ketones is 2. The van der Waals surface area contributed by atoms with Gasteiger partial charge in [0.2, 0.25) is 0 Å². The zero-order valence-corrected chi connectivity index (χ0v) is 8.20. The summed E-state index contributed by atoms with van der Waals surface area (Å²) in [6.07, 6.45) is -1.43. The van der Waals surface area contributed by atoms with Crippen molar-refractivity contribution in [3.05, 3.63) is 0 Å². The van der Waals surface area contributed by atoms with Crippen LogP contribution in [0, 0.1) is 0 Å². The summed E-state index contributed by atoms with van der Waals surface area (Å²) in [6, 6.07) is 0. The first-order chi connectivity index (χ1) is 5.75. The van der Waals surface area contributed by atoms with Gasteiger partial charge in [0.25, 0.3) is 0 Å². The minimum absolute atomic E-state index is 0.125. The quantitative estimate of drug-likeness (QED) is 0.639. The van der Waals surface area contributed by atoms with E-state index in [-0.39, 0.29) is 24.4 Å². The SMILES string of the molecule is CC(=O)CC(O)C(C)(O)CC(C)=O. The van der Waals surface area contributed by atoms with E-state index in [0.29, 0.717) is 0 Å². The predicted octanol–water partition coefficient (Wildman–Crippen LogP) is 0.0565. The van der Waals surface area contributed by atoms with Crippen LogP contribution < -0.4 is 0 Å². The van der Waals surface area contributed by atoms with E-state index in [1.807, 2.05) is 0 Å². The molecule has 0 aliphatic carbocycles. The van der Waals surface area contributed by atoms with Crippen LogP contribution in [0.15, 0.2) is 0 Å². The van der Waals surface area contributed by atoms with Gasteiger partial charge in [0.15, 0.2) is 0 Å². The van der Waals surface area contributed by atoms with E-state index in [9.17, 15) is 19.8 Å². The summed E-state index contributed by atoms with van der Waals surface area (Å²) in [5.74, 6) is -0.427. The molecule has 0 aliphatic heterocycles. The summed E-state index contributed by atoms with van der Waals surface area (Å²) in [5, 5.41) is 19.0. The average molecular weight is 188 g/mol. The van der Waals surface area contributed by atoms with Crippen molar-refractivity contribution >= 4 is 11.6 Å². The van der Waals surface area contributed by atoms with E-state index in [1.54, 1.807) is 0 Å². The van der Waals surface area contributed by atoms with Crippen molar-refractivity contribution in [3.8, 4) is 0 Å². The Hall–Kier alpha value is -0.740. The van der Waals surface area contributed by atoms with E-state index in [0.717, 1.165) is 0 Å². The van der Waals surface area contributed by atoms with Gasteiger partial charge in [0, 0.05) is 12.8 Å². The lowest BCUT2D eigenvalue weighted by Gasteiger charge is -2.27. The van der Waals surface area contributed by atoms with E-state index in [1.165, 1.54) is 20.8 Å². The lowest BCUT2D eigenvalue weighted by molar-refractivity contribution is -0.133. The van der Waals surface area contributed by atoms with Gasteiger partial charge in [0.1, 0.15) is 11.6 Å². The Morgan fingerprint density at radius 1 is 1.31 bits per heavy atom. The summed E-state index contributed by atoms with van der Waals surface area (Å²) in [6.45, 7) is 4.00. The van der Waals surface area contributed by atoms with Crippen LogP contribution >= 0.6 is 0 Å². The standard InChI is InChI=1S/C9H16O4/c1-6(10)4-8(12)9(3,13)5-7(2)11/h8,12-13H,4-5H2,1-3H3. The van der Waals surface area contributed by atoms with Gasteiger partial charge in [-0.3, -0.25) is 9.59 Å². The average Bonchev–Trinajstić information content (AvgIpc) is 1.81. The summed E-state index contributed by atoms with van der Waals surface area (Å²) in [5.41, 5.74) is -1.50. The minimum Gasteiger partial charge on any atom is -0.390 e. The second kappa shape index (κ2) is 4.48. The zero-order valence-electron chi connectivity index (χ0n) is 8.20. The van der Waals surface area contributed by atoms with Crippen molar-refractivity contribution in [1.82, 2.24) is 0 Å². The lowest BCUT2D eigenvalue weighted by Crippen LogP contribution is -2.41. The molecule has 0 radical (unpaired) electrons. The molecule has 2 atom stereocenters. The molecule has 0 fully saturated rings. The van der Waals surface area contributed by atoms with E-state index < -0.39 is 11.7 Å². The van der Waals surface area contributed by atoms with E-state index in [4.69, 9.17) is 0 Å². The largest absolute Gasteiger partial charge is 0.390 e. The van der Waals surface area contributed by atoms with Gasteiger partial charge in [-0.05, 0) is 20.8 Å². The highest BCUT2D eigenvalue weighted by Crippen LogP contribution is 2.17. The Kier molecular flexibility index (Phi) is 4.23. The number of hydrogen-bond acceptors (Lipinski definition) is 4. The first-order valence-electron chi connectivity index (χ1n) is 4.15. The fourth-order valence-electron chi connectivity index (χ4n) is 1.11. The highest BCUT2D eigenvalue weighted by Gasteiger charge is 2.32. The normalized spacial score (nSPS) is 17.6. The third-order valence-electron chi connectivity index (χ3n) is 1.81. The molecule has 4 heteroatoms. The molecule has 0 aromatic rings. The summed E-state index contributed by atoms with van der Waals surface area (Å²) < 4.78 is 0. The summed E-state index contributed by atoms with van der Waals surface area (Å²) >= 11 is 0. The van der Waals surface area contributed by atoms with E-state index >= 15 is 0 Å². The van der Waals surface area contributed by atoms with Gasteiger partial charge < -0.3 is 10.2 Å². The third-order valence-corrected chi connectivity index (χ3v) is 1.81. The van der Waals surface area contributed by atoms with Crippen LogP contribution in [-0.2, 0) is 9.59 Å². The number of Topliss-reactive ketones (excluding diaryl/α,β-unsaturated/α-hetero) is 2. The zero-order chi connectivity index (χ0) is 10.6. The molecule has 0 saturated heterocycles. The molecule has 0 spiro atoms. The topological polar surface area (TPSA) is 74.6 Å². The smallest absolute Gasteiger partial charge is 0.132 e. The van der Waals surface area contributed by atoms with Gasteiger partial charge in [-0.15, -0.1) is 0 Å². The molecule has 0 aromatic heterocycles. The number of hydrogen-bond donors (Lipinski definition) is 2. The monoisotopic (exact) mass is 188 g/mol. The second-order valence-electron chi connectivity index (χ2n) is 3.66. The fourth-order valence-corrected chi connectivity index (χ4v) is 1.11. The number of carbonyl (C=O) groups excluding carboxylic acids is 2. The van der Waals surface area contributed by atoms with Crippen molar-refractivity contribution in [2.24, 2.45) is 0 Å². The number of rotatable bonds is 5. The summed E-state index contributed by atoms with van der Waals surface area (Å²) in [7, 11) is 0. The summed E-state index contributed by atoms with van der Waals surface area (Å²) in [4.78, 5) is 21.3. The van der Waals surface area contributed by atoms with Gasteiger partial charge >= 0.3 is 0 Å². The molecule has 13 heavy (non-hydrogen) atoms. The molecule has 0 amide bonds. The molecule has 0 bridgehead atoms. The predicted molar refractivity (Wildman–Crippen MR) is 47.2 cm³/mol. The molecule has 0 rings (SSSR count). The molecular weight excluding hydrogens is 172 g/mol. The Balaban J connectivity index is 4.25. The van der Waals surface area contributed by atoms with Crippen LogP contribution in [0.4, 0.5) is 0 Å². The molecule has 0 aromatic carbocycles. The van der Waals surface area contributed by atoms with Crippen molar-refractivity contribution < 1.29 is 19.8 Å². The molecule has 2 N–H and O–H groups in total. The lowest BCUT2D eigenvalue weighted by atomic mass is 9.90. The van der Waals surface area contributed by atoms with Crippen molar-refractivity contribution in [2.45, 2.75) is 45.3 Å². The minimum atomic E-state index is -1.50. The van der Waals surface area contributed by atoms with Gasteiger partial charge in [-0.25, -0.2) is 0 Å². The molecule has 0 saturated carbocycles. The van der Waals surface area contributed by atoms with Crippen molar-refractivity contribution in [3.63, 3.8) is 0 Å². The van der Waals surface area contributed by atoms with Crippen LogP contribution in [0.1, 0.15) is 33.6 Å². The van der Waals surface area contributed by atoms with Gasteiger partial charge in [0.05, 0.1) is 11.7 Å². The maximum atomic E-state index is 10.7. The van der Waals surface area contributed by atoms with Crippen molar-refractivity contribution in [2.75, 3.05) is 0 Å². The first kappa shape index (κ1) is 12.3. The van der Waals surface area contributed by atoms with Gasteiger partial charge in [-0.2, -0.15) is 0 Å². The number of carbonyl (C=O) groups is 2. The highest BCUT2D eigenvalue weighted by molar-refractivity contribution is 5.78.